The maximum atomic E-state index is 12.0. The molecule has 2 aromatic rings. The van der Waals surface area contributed by atoms with Crippen molar-refractivity contribution in [3.05, 3.63) is 51.3 Å². The number of nitrogens with one attached hydrogen (secondary N) is 1. The summed E-state index contributed by atoms with van der Waals surface area (Å²) in [7, 11) is 0. The van der Waals surface area contributed by atoms with Crippen LogP contribution in [0.25, 0.3) is 5.69 Å². The molecule has 142 valence electrons. The summed E-state index contributed by atoms with van der Waals surface area (Å²) in [5.41, 5.74) is 5.92. The number of amides is 2. The third-order valence-corrected chi connectivity index (χ3v) is 5.33. The lowest BCUT2D eigenvalue weighted by Gasteiger charge is -2.12. The number of carbonyl (C=O) groups is 2. The number of hydrogen-bond donors (Lipinski definition) is 1. The topological polar surface area (TPSA) is 66.7 Å². The van der Waals surface area contributed by atoms with Crippen molar-refractivity contribution in [2.24, 2.45) is 5.10 Å². The Hall–Kier alpha value is -2.31. The Balaban J connectivity index is 1.74. The minimum Gasteiger partial charge on any atom is -0.334 e. The van der Waals surface area contributed by atoms with E-state index in [0.29, 0.717) is 23.1 Å². The van der Waals surface area contributed by atoms with Gasteiger partial charge in [0.2, 0.25) is 0 Å². The zero-order valence-corrected chi connectivity index (χ0v) is 16.6. The van der Waals surface area contributed by atoms with Gasteiger partial charge in [0, 0.05) is 35.7 Å². The maximum absolute atomic E-state index is 12.0. The maximum Gasteiger partial charge on any atom is 0.329 e. The number of hydrazone groups is 1. The minimum atomic E-state index is -0.716. The first kappa shape index (κ1) is 19.5. The molecule has 1 aliphatic rings. The fraction of sp³-hybridized carbons (Fsp3) is 0.316. The van der Waals surface area contributed by atoms with E-state index in [2.05, 4.69) is 10.5 Å². The second kappa shape index (κ2) is 8.15. The molecule has 1 fully saturated rings. The van der Waals surface area contributed by atoms with E-state index in [1.165, 1.54) is 6.21 Å². The molecule has 1 aromatic carbocycles. The van der Waals surface area contributed by atoms with Crippen LogP contribution in [0.15, 0.2) is 29.4 Å². The lowest BCUT2D eigenvalue weighted by molar-refractivity contribution is -0.145. The van der Waals surface area contributed by atoms with Crippen molar-refractivity contribution in [3.8, 4) is 5.69 Å². The molecule has 1 aliphatic heterocycles. The summed E-state index contributed by atoms with van der Waals surface area (Å²) in [4.78, 5) is 25.4. The predicted octanol–water partition coefficient (Wildman–Crippen LogP) is 3.47. The summed E-state index contributed by atoms with van der Waals surface area (Å²) >= 11 is 12.1. The summed E-state index contributed by atoms with van der Waals surface area (Å²) in [6, 6.07) is 7.36. The number of benzene rings is 1. The summed E-state index contributed by atoms with van der Waals surface area (Å²) < 4.78 is 2.01. The lowest BCUT2D eigenvalue weighted by Crippen LogP contribution is -2.39. The van der Waals surface area contributed by atoms with Crippen LogP contribution >= 0.6 is 23.2 Å². The fourth-order valence-electron chi connectivity index (χ4n) is 3.21. The highest BCUT2D eigenvalue weighted by atomic mass is 35.5. The van der Waals surface area contributed by atoms with E-state index < -0.39 is 11.8 Å². The molecule has 0 saturated carbocycles. The normalized spacial score (nSPS) is 14.1. The molecule has 1 saturated heterocycles. The molecule has 8 heteroatoms. The molecule has 0 aliphatic carbocycles. The summed E-state index contributed by atoms with van der Waals surface area (Å²) in [6.45, 7) is 5.15. The number of aryl methyl sites for hydroxylation is 1. The third-order valence-electron chi connectivity index (χ3n) is 4.59. The lowest BCUT2D eigenvalue weighted by atomic mass is 10.2. The van der Waals surface area contributed by atoms with Gasteiger partial charge in [-0.15, -0.1) is 0 Å². The number of rotatable bonds is 3. The van der Waals surface area contributed by atoms with Crippen LogP contribution < -0.4 is 5.43 Å². The van der Waals surface area contributed by atoms with Crippen molar-refractivity contribution in [2.75, 3.05) is 13.1 Å². The largest absolute Gasteiger partial charge is 0.334 e. The van der Waals surface area contributed by atoms with Gasteiger partial charge >= 0.3 is 11.8 Å². The minimum absolute atomic E-state index is 0.476. The van der Waals surface area contributed by atoms with Gasteiger partial charge in [-0.1, -0.05) is 23.2 Å². The van der Waals surface area contributed by atoms with Crippen LogP contribution in [0.4, 0.5) is 0 Å². The Morgan fingerprint density at radius 3 is 2.48 bits per heavy atom. The van der Waals surface area contributed by atoms with E-state index >= 15 is 0 Å². The molecule has 0 bridgehead atoms. The Kier molecular flexibility index (Phi) is 5.87. The van der Waals surface area contributed by atoms with Gasteiger partial charge in [0.15, 0.2) is 0 Å². The highest BCUT2D eigenvalue weighted by Crippen LogP contribution is 2.27. The molecule has 0 atom stereocenters. The van der Waals surface area contributed by atoms with Crippen LogP contribution in [0, 0.1) is 13.8 Å². The summed E-state index contributed by atoms with van der Waals surface area (Å²) in [5.74, 6) is -1.25. The van der Waals surface area contributed by atoms with Crippen LogP contribution in [0.3, 0.4) is 0 Å². The fourth-order valence-corrected chi connectivity index (χ4v) is 3.50. The Morgan fingerprint density at radius 1 is 1.11 bits per heavy atom. The number of halogens is 2. The number of aromatic nitrogens is 1. The van der Waals surface area contributed by atoms with Crippen LogP contribution in [-0.4, -0.2) is 40.6 Å². The van der Waals surface area contributed by atoms with Gasteiger partial charge in [0.25, 0.3) is 0 Å². The van der Waals surface area contributed by atoms with Crippen molar-refractivity contribution in [1.29, 1.82) is 0 Å². The molecular weight excluding hydrogens is 387 g/mol. The van der Waals surface area contributed by atoms with Gasteiger partial charge in [-0.05, 0) is 51.0 Å². The molecule has 6 nitrogen and oxygen atoms in total. The van der Waals surface area contributed by atoms with Crippen molar-refractivity contribution in [1.82, 2.24) is 14.9 Å². The molecule has 3 rings (SSSR count). The van der Waals surface area contributed by atoms with Crippen molar-refractivity contribution < 1.29 is 9.59 Å². The highest BCUT2D eigenvalue weighted by molar-refractivity contribution is 6.42. The van der Waals surface area contributed by atoms with E-state index in [0.717, 1.165) is 35.5 Å². The van der Waals surface area contributed by atoms with E-state index in [1.54, 1.807) is 17.0 Å². The second-order valence-electron chi connectivity index (χ2n) is 6.46. The van der Waals surface area contributed by atoms with Crippen LogP contribution in [0.5, 0.6) is 0 Å². The Bertz CT molecular complexity index is 915. The van der Waals surface area contributed by atoms with E-state index in [9.17, 15) is 9.59 Å². The number of likely N-dealkylation sites (tertiary alicyclic amines) is 1. The second-order valence-corrected chi connectivity index (χ2v) is 7.27. The Labute approximate surface area is 167 Å². The van der Waals surface area contributed by atoms with Gasteiger partial charge in [-0.2, -0.15) is 5.10 Å². The zero-order chi connectivity index (χ0) is 19.6. The van der Waals surface area contributed by atoms with E-state index in [-0.39, 0.29) is 0 Å². The highest BCUT2D eigenvalue weighted by Gasteiger charge is 2.24. The number of nitrogens with zero attached hydrogens (tertiary/aromatic N) is 3. The Morgan fingerprint density at radius 2 is 1.81 bits per heavy atom. The van der Waals surface area contributed by atoms with Crippen LogP contribution in [0.1, 0.15) is 29.8 Å². The third kappa shape index (κ3) is 4.17. The standard InChI is InChI=1S/C19H20Cl2N4O2/c1-12-9-14(11-22-23-18(26)19(27)24-7-3-4-8-24)13(2)25(12)15-5-6-16(20)17(21)10-15/h5-6,9-11H,3-4,7-8H2,1-2H3,(H,23,26)/b22-11-. The molecule has 0 spiro atoms. The summed E-state index contributed by atoms with van der Waals surface area (Å²) in [5, 5.41) is 4.91. The molecule has 0 unspecified atom stereocenters. The van der Waals surface area contributed by atoms with E-state index in [4.69, 9.17) is 23.2 Å². The van der Waals surface area contributed by atoms with Gasteiger partial charge in [-0.3, -0.25) is 9.59 Å². The van der Waals surface area contributed by atoms with Gasteiger partial charge in [0.1, 0.15) is 0 Å². The van der Waals surface area contributed by atoms with Gasteiger partial charge in [0.05, 0.1) is 16.3 Å². The molecule has 2 heterocycles. The molecular formula is C19H20Cl2N4O2. The van der Waals surface area contributed by atoms with Crippen molar-refractivity contribution >= 4 is 41.2 Å². The first-order valence-corrected chi connectivity index (χ1v) is 9.40. The smallest absolute Gasteiger partial charge is 0.329 e. The van der Waals surface area contributed by atoms with Crippen molar-refractivity contribution in [2.45, 2.75) is 26.7 Å². The predicted molar refractivity (Wildman–Crippen MR) is 107 cm³/mol. The molecule has 0 radical (unpaired) electrons. The van der Waals surface area contributed by atoms with E-state index in [1.807, 2.05) is 30.5 Å². The van der Waals surface area contributed by atoms with Gasteiger partial charge < -0.3 is 9.47 Å². The molecule has 1 N–H and O–H groups in total. The number of carbonyl (C=O) groups excluding carboxylic acids is 2. The quantitative estimate of drug-likeness (QED) is 0.481. The first-order chi connectivity index (χ1) is 12.9. The molecule has 1 aromatic heterocycles. The van der Waals surface area contributed by atoms with Crippen molar-refractivity contribution in [3.63, 3.8) is 0 Å². The molecule has 27 heavy (non-hydrogen) atoms. The molecule has 2 amide bonds. The zero-order valence-electron chi connectivity index (χ0n) is 15.1. The van der Waals surface area contributed by atoms with Crippen LogP contribution in [0.2, 0.25) is 10.0 Å². The van der Waals surface area contributed by atoms with Gasteiger partial charge in [-0.25, -0.2) is 5.43 Å². The average molecular weight is 407 g/mol. The summed E-state index contributed by atoms with van der Waals surface area (Å²) in [6.07, 6.45) is 3.40. The average Bonchev–Trinajstić information content (AvgIpc) is 3.26. The SMILES string of the molecule is Cc1cc(/C=N\NC(=O)C(=O)N2CCCC2)c(C)n1-c1ccc(Cl)c(Cl)c1. The first-order valence-electron chi connectivity index (χ1n) is 8.65. The van der Waals surface area contributed by atoms with Crippen LogP contribution in [-0.2, 0) is 9.59 Å². The number of hydrogen-bond acceptors (Lipinski definition) is 3. The monoisotopic (exact) mass is 406 g/mol.